The molecule has 0 aliphatic heterocycles. The summed E-state index contributed by atoms with van der Waals surface area (Å²) in [5, 5.41) is 6.05. The van der Waals surface area contributed by atoms with Crippen molar-refractivity contribution >= 4 is 33.2 Å². The Labute approximate surface area is 133 Å². The zero-order valence-electron chi connectivity index (χ0n) is 12.3. The van der Waals surface area contributed by atoms with Crippen LogP contribution in [0.15, 0.2) is 34.9 Å². The van der Waals surface area contributed by atoms with Crippen LogP contribution in [0, 0.1) is 13.8 Å². The van der Waals surface area contributed by atoms with Gasteiger partial charge in [0.2, 0.25) is 0 Å². The number of hydrogen-bond acceptors (Lipinski definition) is 3. The van der Waals surface area contributed by atoms with Crippen molar-refractivity contribution in [1.29, 1.82) is 0 Å². The highest BCUT2D eigenvalue weighted by atomic mass is 79.9. The third-order valence-corrected chi connectivity index (χ3v) is 3.67. The summed E-state index contributed by atoms with van der Waals surface area (Å²) in [6.45, 7) is 6.82. The maximum atomic E-state index is 12.3. The van der Waals surface area contributed by atoms with Crippen LogP contribution in [0.2, 0.25) is 0 Å². The molecule has 0 aliphatic rings. The van der Waals surface area contributed by atoms with Crippen LogP contribution >= 0.6 is 15.9 Å². The van der Waals surface area contributed by atoms with E-state index in [0.29, 0.717) is 5.69 Å². The summed E-state index contributed by atoms with van der Waals surface area (Å²) < 4.78 is 0.873. The molecule has 0 saturated heterocycles. The minimum atomic E-state index is -0.217. The van der Waals surface area contributed by atoms with E-state index in [1.54, 1.807) is 12.3 Å². The number of rotatable bonds is 4. The highest BCUT2D eigenvalue weighted by Crippen LogP contribution is 2.28. The Hall–Kier alpha value is -1.88. The number of anilines is 2. The SMILES string of the molecule is CCNc1ccc(C(=O)Nc2c(C)cc(C)cc2Br)nc1. The Morgan fingerprint density at radius 1 is 1.29 bits per heavy atom. The van der Waals surface area contributed by atoms with Gasteiger partial charge in [-0.05, 0) is 66.0 Å². The molecule has 0 atom stereocenters. The first-order valence-electron chi connectivity index (χ1n) is 6.79. The topological polar surface area (TPSA) is 54.0 Å². The molecule has 0 unspecified atom stereocenters. The summed E-state index contributed by atoms with van der Waals surface area (Å²) in [6.07, 6.45) is 1.66. The number of carbonyl (C=O) groups excluding carboxylic acids is 1. The van der Waals surface area contributed by atoms with Crippen LogP contribution < -0.4 is 10.6 Å². The largest absolute Gasteiger partial charge is 0.384 e. The van der Waals surface area contributed by atoms with Crippen LogP contribution in [0.25, 0.3) is 0 Å². The number of hydrogen-bond donors (Lipinski definition) is 2. The van der Waals surface area contributed by atoms with Crippen molar-refractivity contribution in [2.75, 3.05) is 17.2 Å². The summed E-state index contributed by atoms with van der Waals surface area (Å²) in [6, 6.07) is 7.57. The number of amides is 1. The van der Waals surface area contributed by atoms with E-state index in [-0.39, 0.29) is 5.91 Å². The van der Waals surface area contributed by atoms with Gasteiger partial charge in [0.25, 0.3) is 5.91 Å². The number of pyridine rings is 1. The van der Waals surface area contributed by atoms with Crippen molar-refractivity contribution in [3.05, 3.63) is 51.8 Å². The van der Waals surface area contributed by atoms with Gasteiger partial charge in [-0.1, -0.05) is 6.07 Å². The number of carbonyl (C=O) groups is 1. The number of nitrogens with one attached hydrogen (secondary N) is 2. The molecule has 0 fully saturated rings. The van der Waals surface area contributed by atoms with Gasteiger partial charge in [-0.25, -0.2) is 4.98 Å². The normalized spacial score (nSPS) is 10.3. The first-order chi connectivity index (χ1) is 10.0. The van der Waals surface area contributed by atoms with E-state index in [2.05, 4.69) is 31.5 Å². The molecular formula is C16H18BrN3O. The Morgan fingerprint density at radius 3 is 2.62 bits per heavy atom. The standard InChI is InChI=1S/C16H18BrN3O/c1-4-18-12-5-6-14(19-9-12)16(21)20-15-11(3)7-10(2)8-13(15)17/h5-9,18H,4H2,1-3H3,(H,20,21). The van der Waals surface area contributed by atoms with E-state index in [0.717, 1.165) is 33.5 Å². The van der Waals surface area contributed by atoms with E-state index in [1.807, 2.05) is 39.0 Å². The molecule has 2 N–H and O–H groups in total. The van der Waals surface area contributed by atoms with E-state index in [4.69, 9.17) is 0 Å². The quantitative estimate of drug-likeness (QED) is 0.873. The summed E-state index contributed by atoms with van der Waals surface area (Å²) in [5.41, 5.74) is 4.23. The summed E-state index contributed by atoms with van der Waals surface area (Å²) in [7, 11) is 0. The third kappa shape index (κ3) is 3.82. The molecule has 1 aromatic carbocycles. The highest BCUT2D eigenvalue weighted by Gasteiger charge is 2.12. The minimum Gasteiger partial charge on any atom is -0.384 e. The van der Waals surface area contributed by atoms with Crippen LogP contribution in [0.1, 0.15) is 28.5 Å². The lowest BCUT2D eigenvalue weighted by Crippen LogP contribution is -2.15. The van der Waals surface area contributed by atoms with Gasteiger partial charge in [0.05, 0.1) is 17.6 Å². The second-order valence-corrected chi connectivity index (χ2v) is 5.71. The summed E-state index contributed by atoms with van der Waals surface area (Å²) in [4.78, 5) is 16.4. The van der Waals surface area contributed by atoms with Gasteiger partial charge in [0.1, 0.15) is 5.69 Å². The van der Waals surface area contributed by atoms with Gasteiger partial charge in [0.15, 0.2) is 0 Å². The summed E-state index contributed by atoms with van der Waals surface area (Å²) >= 11 is 3.49. The maximum absolute atomic E-state index is 12.3. The Balaban J connectivity index is 2.18. The minimum absolute atomic E-state index is 0.217. The van der Waals surface area contributed by atoms with E-state index >= 15 is 0 Å². The van der Waals surface area contributed by atoms with Gasteiger partial charge < -0.3 is 10.6 Å². The monoisotopic (exact) mass is 347 g/mol. The number of aryl methyl sites for hydroxylation is 2. The van der Waals surface area contributed by atoms with Crippen LogP contribution in [0.3, 0.4) is 0 Å². The zero-order valence-corrected chi connectivity index (χ0v) is 13.9. The molecule has 0 radical (unpaired) electrons. The van der Waals surface area contributed by atoms with Crippen LogP contribution in [-0.4, -0.2) is 17.4 Å². The maximum Gasteiger partial charge on any atom is 0.274 e. The predicted octanol–water partition coefficient (Wildman–Crippen LogP) is 4.15. The van der Waals surface area contributed by atoms with Crippen LogP contribution in [0.4, 0.5) is 11.4 Å². The Kier molecular flexibility index (Phi) is 4.96. The van der Waals surface area contributed by atoms with Crippen molar-refractivity contribution in [3.63, 3.8) is 0 Å². The molecule has 0 spiro atoms. The average molecular weight is 348 g/mol. The van der Waals surface area contributed by atoms with Gasteiger partial charge >= 0.3 is 0 Å². The molecule has 2 rings (SSSR count). The van der Waals surface area contributed by atoms with Crippen molar-refractivity contribution in [1.82, 2.24) is 4.98 Å². The fourth-order valence-electron chi connectivity index (χ4n) is 2.09. The molecule has 0 saturated carbocycles. The molecule has 0 aliphatic carbocycles. The smallest absolute Gasteiger partial charge is 0.274 e. The van der Waals surface area contributed by atoms with Crippen LogP contribution in [0.5, 0.6) is 0 Å². The molecule has 21 heavy (non-hydrogen) atoms. The number of aromatic nitrogens is 1. The van der Waals surface area contributed by atoms with E-state index in [9.17, 15) is 4.79 Å². The third-order valence-electron chi connectivity index (χ3n) is 3.05. The van der Waals surface area contributed by atoms with Crippen molar-refractivity contribution in [3.8, 4) is 0 Å². The number of nitrogens with zero attached hydrogens (tertiary/aromatic N) is 1. The fourth-order valence-corrected chi connectivity index (χ4v) is 2.86. The molecule has 1 amide bonds. The fraction of sp³-hybridized carbons (Fsp3) is 0.250. The van der Waals surface area contributed by atoms with Crippen molar-refractivity contribution in [2.24, 2.45) is 0 Å². The second-order valence-electron chi connectivity index (χ2n) is 4.86. The van der Waals surface area contributed by atoms with Crippen LogP contribution in [-0.2, 0) is 0 Å². The lowest BCUT2D eigenvalue weighted by Gasteiger charge is -2.11. The molecule has 2 aromatic rings. The summed E-state index contributed by atoms with van der Waals surface area (Å²) in [5.74, 6) is -0.217. The molecular weight excluding hydrogens is 330 g/mol. The number of halogens is 1. The van der Waals surface area contributed by atoms with Gasteiger partial charge in [0, 0.05) is 11.0 Å². The van der Waals surface area contributed by atoms with Crippen molar-refractivity contribution in [2.45, 2.75) is 20.8 Å². The lowest BCUT2D eigenvalue weighted by molar-refractivity contribution is 0.102. The highest BCUT2D eigenvalue weighted by molar-refractivity contribution is 9.10. The van der Waals surface area contributed by atoms with E-state index < -0.39 is 0 Å². The molecule has 1 aromatic heterocycles. The zero-order chi connectivity index (χ0) is 15.4. The molecule has 1 heterocycles. The molecule has 4 nitrogen and oxygen atoms in total. The average Bonchev–Trinajstić information content (AvgIpc) is 2.43. The molecule has 110 valence electrons. The van der Waals surface area contributed by atoms with E-state index in [1.165, 1.54) is 0 Å². The van der Waals surface area contributed by atoms with Gasteiger partial charge in [-0.2, -0.15) is 0 Å². The molecule has 5 heteroatoms. The van der Waals surface area contributed by atoms with Gasteiger partial charge in [-0.15, -0.1) is 0 Å². The molecule has 0 bridgehead atoms. The van der Waals surface area contributed by atoms with Crippen molar-refractivity contribution < 1.29 is 4.79 Å². The first-order valence-corrected chi connectivity index (χ1v) is 7.58. The predicted molar refractivity (Wildman–Crippen MR) is 90.0 cm³/mol. The van der Waals surface area contributed by atoms with Gasteiger partial charge in [-0.3, -0.25) is 4.79 Å². The number of benzene rings is 1. The lowest BCUT2D eigenvalue weighted by atomic mass is 10.1. The Bertz CT molecular complexity index is 630. The Morgan fingerprint density at radius 2 is 2.05 bits per heavy atom. The second kappa shape index (κ2) is 6.72. The first kappa shape index (κ1) is 15.5.